The molecular formula is C33H56O4Si. The lowest BCUT2D eigenvalue weighted by molar-refractivity contribution is -0.150. The molecule has 3 aliphatic carbocycles. The zero-order valence-corrected chi connectivity index (χ0v) is 26.9. The molecule has 1 N–H and O–H groups in total. The predicted octanol–water partition coefficient (Wildman–Crippen LogP) is 8.67. The minimum atomic E-state index is -2.31. The van der Waals surface area contributed by atoms with Gasteiger partial charge in [0.25, 0.3) is 0 Å². The maximum Gasteiger partial charge on any atom is 0.302 e. The average molecular weight is 545 g/mol. The van der Waals surface area contributed by atoms with E-state index >= 15 is 0 Å². The van der Waals surface area contributed by atoms with Gasteiger partial charge in [-0.15, -0.1) is 0 Å². The van der Waals surface area contributed by atoms with Crippen LogP contribution in [0.5, 0.6) is 0 Å². The summed E-state index contributed by atoms with van der Waals surface area (Å²) in [7, 11) is -2.31. The first-order valence-corrected chi connectivity index (χ1v) is 17.5. The van der Waals surface area contributed by atoms with Gasteiger partial charge in [-0.1, -0.05) is 86.1 Å². The molecule has 5 atom stereocenters. The second-order valence-corrected chi connectivity index (χ2v) is 19.2. The quantitative estimate of drug-likeness (QED) is 0.233. The van der Waals surface area contributed by atoms with E-state index in [2.05, 4.69) is 74.1 Å². The molecule has 4 nitrogen and oxygen atoms in total. The number of esters is 1. The summed E-state index contributed by atoms with van der Waals surface area (Å²) < 4.78 is 13.0. The van der Waals surface area contributed by atoms with Crippen LogP contribution in [0.1, 0.15) is 114 Å². The molecule has 3 fully saturated rings. The summed E-state index contributed by atoms with van der Waals surface area (Å²) in [5.41, 5.74) is 4.23. The highest BCUT2D eigenvalue weighted by Gasteiger charge is 2.53. The first-order chi connectivity index (χ1) is 17.7. The van der Waals surface area contributed by atoms with Crippen LogP contribution in [0, 0.1) is 17.3 Å². The number of rotatable bonds is 9. The van der Waals surface area contributed by atoms with E-state index in [1.54, 1.807) is 5.57 Å². The molecule has 3 aliphatic rings. The summed E-state index contributed by atoms with van der Waals surface area (Å²) in [6.07, 6.45) is 12.5. The first-order valence-electron chi connectivity index (χ1n) is 15.3. The number of fused-ring (bicyclic) bond motifs is 1. The van der Waals surface area contributed by atoms with Crippen molar-refractivity contribution >= 4 is 14.3 Å². The van der Waals surface area contributed by atoms with Crippen molar-refractivity contribution < 1.29 is 19.1 Å². The van der Waals surface area contributed by atoms with E-state index in [-0.39, 0.29) is 12.6 Å². The maximum atomic E-state index is 12.0. The molecule has 216 valence electrons. The van der Waals surface area contributed by atoms with Crippen molar-refractivity contribution in [3.05, 3.63) is 35.5 Å². The summed E-state index contributed by atoms with van der Waals surface area (Å²) in [5, 5.41) is 11.3. The van der Waals surface area contributed by atoms with Crippen molar-refractivity contribution in [3.8, 4) is 0 Å². The van der Waals surface area contributed by atoms with Crippen LogP contribution in [-0.2, 0) is 14.0 Å². The third-order valence-corrected chi connectivity index (χ3v) is 16.9. The fourth-order valence-electron chi connectivity index (χ4n) is 8.79. The number of ether oxygens (including phenoxy) is 1. The molecule has 0 aromatic heterocycles. The zero-order valence-electron chi connectivity index (χ0n) is 25.9. The Balaban J connectivity index is 2.01. The topological polar surface area (TPSA) is 55.8 Å². The van der Waals surface area contributed by atoms with Crippen molar-refractivity contribution in [1.82, 2.24) is 0 Å². The average Bonchev–Trinajstić information content (AvgIpc) is 3.18. The summed E-state index contributed by atoms with van der Waals surface area (Å²) >= 11 is 0. The van der Waals surface area contributed by atoms with E-state index in [9.17, 15) is 9.90 Å². The lowest BCUT2D eigenvalue weighted by Crippen LogP contribution is -2.58. The molecule has 5 heteroatoms. The lowest BCUT2D eigenvalue weighted by Gasteiger charge is -2.51. The number of carbonyl (C=O) groups excluding carboxylic acids is 1. The van der Waals surface area contributed by atoms with Crippen molar-refractivity contribution in [2.45, 2.75) is 142 Å². The van der Waals surface area contributed by atoms with E-state index in [1.165, 1.54) is 39.0 Å². The smallest absolute Gasteiger partial charge is 0.302 e. The summed E-state index contributed by atoms with van der Waals surface area (Å²) in [4.78, 5) is 12.0. The fourth-order valence-corrected chi connectivity index (χ4v) is 14.5. The highest BCUT2D eigenvalue weighted by atomic mass is 28.4. The molecule has 0 amide bonds. The number of aliphatic hydroxyl groups is 1. The van der Waals surface area contributed by atoms with Crippen LogP contribution < -0.4 is 0 Å². The number of aliphatic hydroxyl groups excluding tert-OH is 1. The van der Waals surface area contributed by atoms with E-state index in [0.717, 1.165) is 23.5 Å². The Hall–Kier alpha value is -1.17. The molecule has 38 heavy (non-hydrogen) atoms. The van der Waals surface area contributed by atoms with E-state index in [1.807, 2.05) is 0 Å². The molecular weight excluding hydrogens is 488 g/mol. The van der Waals surface area contributed by atoms with Gasteiger partial charge in [0.15, 0.2) is 0 Å². The van der Waals surface area contributed by atoms with Crippen LogP contribution in [0.25, 0.3) is 0 Å². The van der Waals surface area contributed by atoms with Gasteiger partial charge in [-0.25, -0.2) is 0 Å². The predicted molar refractivity (Wildman–Crippen MR) is 161 cm³/mol. The summed E-state index contributed by atoms with van der Waals surface area (Å²) in [5.74, 6) is 1.17. The van der Waals surface area contributed by atoms with Crippen LogP contribution in [0.15, 0.2) is 35.5 Å². The molecule has 0 bridgehead atoms. The Bertz CT molecular complexity index is 910. The van der Waals surface area contributed by atoms with Gasteiger partial charge in [-0.05, 0) is 77.1 Å². The van der Waals surface area contributed by atoms with Gasteiger partial charge in [0.1, 0.15) is 6.61 Å². The molecule has 3 rings (SSSR count). The number of carbonyl (C=O) groups is 1. The second kappa shape index (κ2) is 12.1. The van der Waals surface area contributed by atoms with Gasteiger partial charge in [0, 0.05) is 19.8 Å². The number of hydrogen-bond donors (Lipinski definition) is 1. The third kappa shape index (κ3) is 5.95. The standard InChI is InChI=1S/C33H56O4Si/c1-11-29-16-17-30-27(13-12-18-32(29,30)10)14-15-28-19-33(21-36-26(9)34,20-31(35)25(28)8)37-38(22(2)3,23(4)5)24(6)7/h14-15,22-24,29-31,35H,8,11-13,16-21H2,1-7,9-10H3/b27-14?,28-15+/t29-,30-,31-,32+,33+/m0/s1. The minimum Gasteiger partial charge on any atom is -0.463 e. The normalized spacial score (nSPS) is 34.6. The van der Waals surface area contributed by atoms with Gasteiger partial charge in [0.2, 0.25) is 8.32 Å². The van der Waals surface area contributed by atoms with Crippen LogP contribution in [0.4, 0.5) is 0 Å². The van der Waals surface area contributed by atoms with Gasteiger partial charge in [-0.3, -0.25) is 4.79 Å². The molecule has 0 heterocycles. The maximum absolute atomic E-state index is 12.0. The van der Waals surface area contributed by atoms with Gasteiger partial charge in [-0.2, -0.15) is 0 Å². The zero-order chi connectivity index (χ0) is 28.5. The SMILES string of the molecule is C=C1/C(=C/C=C2CCC[C@]3(C)[C@@H](CC)CC[C@@H]23)C[C@@](COC(C)=O)(O[Si](C(C)C)(C(C)C)C(C)C)C[C@@H]1O. The number of hydrogen-bond acceptors (Lipinski definition) is 4. The third-order valence-electron chi connectivity index (χ3n) is 10.7. The Morgan fingerprint density at radius 1 is 1.13 bits per heavy atom. The Labute approximate surface area is 234 Å². The van der Waals surface area contributed by atoms with E-state index in [4.69, 9.17) is 9.16 Å². The van der Waals surface area contributed by atoms with Crippen LogP contribution >= 0.6 is 0 Å². The van der Waals surface area contributed by atoms with Gasteiger partial charge < -0.3 is 14.3 Å². The van der Waals surface area contributed by atoms with Crippen molar-refractivity contribution in [2.75, 3.05) is 6.61 Å². The molecule has 0 unspecified atom stereocenters. The van der Waals surface area contributed by atoms with E-state index in [0.29, 0.717) is 40.8 Å². The fraction of sp³-hybridized carbons (Fsp3) is 0.788. The molecule has 0 saturated heterocycles. The van der Waals surface area contributed by atoms with Crippen LogP contribution in [-0.4, -0.2) is 37.7 Å². The van der Waals surface area contributed by atoms with Crippen LogP contribution in [0.3, 0.4) is 0 Å². The Kier molecular flexibility index (Phi) is 10.0. The Morgan fingerprint density at radius 3 is 2.32 bits per heavy atom. The van der Waals surface area contributed by atoms with Gasteiger partial charge >= 0.3 is 5.97 Å². The second-order valence-electron chi connectivity index (χ2n) is 13.8. The van der Waals surface area contributed by atoms with Crippen molar-refractivity contribution in [3.63, 3.8) is 0 Å². The molecule has 0 aromatic carbocycles. The summed E-state index contributed by atoms with van der Waals surface area (Å²) in [6, 6.07) is 0. The van der Waals surface area contributed by atoms with Crippen molar-refractivity contribution in [1.29, 1.82) is 0 Å². The lowest BCUT2D eigenvalue weighted by atomic mass is 9.63. The van der Waals surface area contributed by atoms with Crippen LogP contribution in [0.2, 0.25) is 16.6 Å². The Morgan fingerprint density at radius 2 is 1.76 bits per heavy atom. The highest BCUT2D eigenvalue weighted by molar-refractivity contribution is 6.77. The van der Waals surface area contributed by atoms with Gasteiger partial charge in [0.05, 0.1) is 11.7 Å². The largest absolute Gasteiger partial charge is 0.463 e. The first kappa shape index (κ1) is 31.4. The molecule has 0 aromatic rings. The minimum absolute atomic E-state index is 0.167. The molecule has 3 saturated carbocycles. The number of allylic oxidation sites excluding steroid dienone is 3. The van der Waals surface area contributed by atoms with Crippen molar-refractivity contribution in [2.24, 2.45) is 17.3 Å². The molecule has 0 spiro atoms. The monoisotopic (exact) mass is 544 g/mol. The summed E-state index contributed by atoms with van der Waals surface area (Å²) in [6.45, 7) is 24.4. The molecule has 0 aliphatic heterocycles. The highest BCUT2D eigenvalue weighted by Crippen LogP contribution is 2.58. The van der Waals surface area contributed by atoms with E-state index < -0.39 is 20.0 Å². The molecule has 0 radical (unpaired) electrons.